The first-order valence-electron chi connectivity index (χ1n) is 7.82. The summed E-state index contributed by atoms with van der Waals surface area (Å²) < 4.78 is 0. The molecule has 0 radical (unpaired) electrons. The number of hydrogen-bond donors (Lipinski definition) is 3. The molecule has 0 aromatic carbocycles. The molecule has 1 unspecified atom stereocenters. The first-order chi connectivity index (χ1) is 9.81. The van der Waals surface area contributed by atoms with Gasteiger partial charge in [-0.2, -0.15) is 5.10 Å². The second-order valence-corrected chi connectivity index (χ2v) is 6.11. The van der Waals surface area contributed by atoms with Gasteiger partial charge in [-0.25, -0.2) is 0 Å². The third-order valence-corrected chi connectivity index (χ3v) is 4.62. The molecule has 1 aromatic rings. The first kappa shape index (κ1) is 16.3. The Hall–Kier alpha value is -1.07. The average Bonchev–Trinajstić information content (AvgIpc) is 2.94. The second-order valence-electron chi connectivity index (χ2n) is 6.11. The fraction of sp³-hybridized carbons (Fsp3) is 0.733. The smallest absolute Gasteiger partial charge is 0.220 e. The lowest BCUT2D eigenvalue weighted by Gasteiger charge is -2.24. The summed E-state index contributed by atoms with van der Waals surface area (Å²) >= 11 is 0. The summed E-state index contributed by atoms with van der Waals surface area (Å²) in [6, 6.07) is 0.292. The number of hydrogen-bond acceptors (Lipinski definition) is 3. The van der Waals surface area contributed by atoms with Crippen LogP contribution in [0.3, 0.4) is 0 Å². The van der Waals surface area contributed by atoms with Gasteiger partial charge in [-0.1, -0.05) is 0 Å². The number of halogens is 1. The van der Waals surface area contributed by atoms with Crippen LogP contribution in [-0.2, 0) is 17.6 Å². The van der Waals surface area contributed by atoms with Crippen LogP contribution in [0.4, 0.5) is 0 Å². The number of nitrogens with zero attached hydrogens (tertiary/aromatic N) is 1. The fourth-order valence-corrected chi connectivity index (χ4v) is 3.34. The molecule has 21 heavy (non-hydrogen) atoms. The number of fused-ring (bicyclic) bond motifs is 1. The van der Waals surface area contributed by atoms with E-state index in [1.807, 2.05) is 6.20 Å². The highest BCUT2D eigenvalue weighted by Gasteiger charge is 2.22. The van der Waals surface area contributed by atoms with Crippen molar-refractivity contribution in [1.29, 1.82) is 0 Å². The molecule has 3 N–H and O–H groups in total. The van der Waals surface area contributed by atoms with Gasteiger partial charge in [0.2, 0.25) is 5.91 Å². The molecule has 0 saturated carbocycles. The van der Waals surface area contributed by atoms with Gasteiger partial charge in [0.15, 0.2) is 0 Å². The maximum absolute atomic E-state index is 12.1. The molecular weight excluding hydrogens is 288 g/mol. The van der Waals surface area contributed by atoms with E-state index < -0.39 is 0 Å². The van der Waals surface area contributed by atoms with Crippen LogP contribution in [0.1, 0.15) is 43.4 Å². The number of carbonyl (C=O) groups is 1. The highest BCUT2D eigenvalue weighted by molar-refractivity contribution is 5.85. The zero-order valence-corrected chi connectivity index (χ0v) is 13.2. The van der Waals surface area contributed by atoms with Crippen LogP contribution in [0.25, 0.3) is 0 Å². The minimum atomic E-state index is 0. The molecule has 118 valence electrons. The summed E-state index contributed by atoms with van der Waals surface area (Å²) in [5.41, 5.74) is 2.50. The highest BCUT2D eigenvalue weighted by Crippen LogP contribution is 2.20. The molecular formula is C15H25ClN4O. The number of amides is 1. The van der Waals surface area contributed by atoms with Gasteiger partial charge >= 0.3 is 0 Å². The highest BCUT2D eigenvalue weighted by atomic mass is 35.5. The van der Waals surface area contributed by atoms with E-state index in [1.54, 1.807) is 0 Å². The molecule has 1 atom stereocenters. The van der Waals surface area contributed by atoms with Crippen molar-refractivity contribution in [1.82, 2.24) is 20.8 Å². The monoisotopic (exact) mass is 312 g/mol. The Bertz CT molecular complexity index is 456. The lowest BCUT2D eigenvalue weighted by molar-refractivity contribution is -0.122. The van der Waals surface area contributed by atoms with E-state index in [2.05, 4.69) is 20.8 Å². The maximum atomic E-state index is 12.1. The number of aromatic nitrogens is 2. The summed E-state index contributed by atoms with van der Waals surface area (Å²) in [4.78, 5) is 12.1. The Morgan fingerprint density at radius 1 is 1.33 bits per heavy atom. The first-order valence-corrected chi connectivity index (χ1v) is 7.82. The number of aromatic amines is 1. The average molecular weight is 313 g/mol. The van der Waals surface area contributed by atoms with Crippen molar-refractivity contribution in [3.8, 4) is 0 Å². The topological polar surface area (TPSA) is 69.8 Å². The molecule has 0 bridgehead atoms. The molecule has 1 aliphatic carbocycles. The number of rotatable bonds is 4. The summed E-state index contributed by atoms with van der Waals surface area (Å²) in [7, 11) is 0. The second kappa shape index (κ2) is 7.80. The van der Waals surface area contributed by atoms with Gasteiger partial charge < -0.3 is 10.6 Å². The van der Waals surface area contributed by atoms with Crippen molar-refractivity contribution >= 4 is 18.3 Å². The van der Waals surface area contributed by atoms with E-state index in [0.29, 0.717) is 12.5 Å². The minimum Gasteiger partial charge on any atom is -0.353 e. The molecule has 2 aliphatic rings. The predicted octanol–water partition coefficient (Wildman–Crippen LogP) is 1.58. The summed E-state index contributed by atoms with van der Waals surface area (Å²) in [6.07, 6.45) is 8.98. The van der Waals surface area contributed by atoms with Crippen molar-refractivity contribution in [2.24, 2.45) is 5.92 Å². The van der Waals surface area contributed by atoms with E-state index >= 15 is 0 Å². The van der Waals surface area contributed by atoms with Gasteiger partial charge in [0, 0.05) is 18.2 Å². The standard InChI is InChI=1S/C15H24N4O.ClH/c20-15(4-1-11-5-7-16-8-6-11)18-13-2-3-14-12(9-13)10-17-19-14;/h10-11,13,16H,1-9H2,(H,17,19)(H,18,20);1H. The Labute approximate surface area is 132 Å². The van der Waals surface area contributed by atoms with Crippen molar-refractivity contribution in [3.05, 3.63) is 17.5 Å². The van der Waals surface area contributed by atoms with E-state index in [9.17, 15) is 4.79 Å². The zero-order chi connectivity index (χ0) is 13.8. The van der Waals surface area contributed by atoms with Crippen LogP contribution < -0.4 is 10.6 Å². The van der Waals surface area contributed by atoms with Crippen molar-refractivity contribution in [2.45, 2.75) is 51.0 Å². The predicted molar refractivity (Wildman–Crippen MR) is 84.6 cm³/mol. The number of piperidine rings is 1. The van der Waals surface area contributed by atoms with Crippen LogP contribution in [0, 0.1) is 5.92 Å². The van der Waals surface area contributed by atoms with Gasteiger partial charge in [-0.3, -0.25) is 9.89 Å². The molecule has 3 rings (SSSR count). The fourth-order valence-electron chi connectivity index (χ4n) is 3.34. The third kappa shape index (κ3) is 4.45. The summed E-state index contributed by atoms with van der Waals surface area (Å²) in [5, 5.41) is 13.7. The van der Waals surface area contributed by atoms with Gasteiger partial charge in [-0.15, -0.1) is 12.4 Å². The molecule has 2 heterocycles. The van der Waals surface area contributed by atoms with Gasteiger partial charge in [0.05, 0.1) is 6.20 Å². The zero-order valence-electron chi connectivity index (χ0n) is 12.4. The normalized spacial score (nSPS) is 22.2. The van der Waals surface area contributed by atoms with Crippen molar-refractivity contribution in [3.63, 3.8) is 0 Å². The van der Waals surface area contributed by atoms with E-state index in [1.165, 1.54) is 24.1 Å². The molecule has 1 aliphatic heterocycles. The summed E-state index contributed by atoms with van der Waals surface area (Å²) in [5.74, 6) is 0.953. The Morgan fingerprint density at radius 2 is 2.14 bits per heavy atom. The van der Waals surface area contributed by atoms with Crippen LogP contribution in [0.15, 0.2) is 6.20 Å². The number of nitrogens with one attached hydrogen (secondary N) is 3. The molecule has 0 spiro atoms. The molecule has 5 nitrogen and oxygen atoms in total. The quantitative estimate of drug-likeness (QED) is 0.790. The van der Waals surface area contributed by atoms with Crippen LogP contribution in [0.5, 0.6) is 0 Å². The lowest BCUT2D eigenvalue weighted by Crippen LogP contribution is -2.39. The Kier molecular flexibility index (Phi) is 6.06. The molecule has 6 heteroatoms. The van der Waals surface area contributed by atoms with Crippen LogP contribution in [-0.4, -0.2) is 35.2 Å². The van der Waals surface area contributed by atoms with Crippen LogP contribution in [0.2, 0.25) is 0 Å². The molecule has 1 saturated heterocycles. The third-order valence-electron chi connectivity index (χ3n) is 4.62. The largest absolute Gasteiger partial charge is 0.353 e. The number of carbonyl (C=O) groups excluding carboxylic acids is 1. The molecule has 1 fully saturated rings. The minimum absolute atomic E-state index is 0. The Morgan fingerprint density at radius 3 is 2.95 bits per heavy atom. The molecule has 1 aromatic heterocycles. The Balaban J connectivity index is 0.00000161. The molecule has 1 amide bonds. The van der Waals surface area contributed by atoms with Crippen molar-refractivity contribution in [2.75, 3.05) is 13.1 Å². The van der Waals surface area contributed by atoms with Gasteiger partial charge in [0.25, 0.3) is 0 Å². The van der Waals surface area contributed by atoms with E-state index in [0.717, 1.165) is 44.7 Å². The van der Waals surface area contributed by atoms with Crippen LogP contribution >= 0.6 is 12.4 Å². The van der Waals surface area contributed by atoms with E-state index in [-0.39, 0.29) is 18.3 Å². The number of aryl methyl sites for hydroxylation is 1. The van der Waals surface area contributed by atoms with Gasteiger partial charge in [0.1, 0.15) is 0 Å². The summed E-state index contributed by atoms with van der Waals surface area (Å²) in [6.45, 7) is 2.22. The maximum Gasteiger partial charge on any atom is 0.220 e. The number of H-pyrrole nitrogens is 1. The lowest BCUT2D eigenvalue weighted by atomic mass is 9.92. The van der Waals surface area contributed by atoms with E-state index in [4.69, 9.17) is 0 Å². The van der Waals surface area contributed by atoms with Gasteiger partial charge in [-0.05, 0) is 63.1 Å². The SMILES string of the molecule is Cl.O=C(CCC1CCNCC1)NC1CCc2[nH]ncc2C1. The van der Waals surface area contributed by atoms with Crippen molar-refractivity contribution < 1.29 is 4.79 Å².